The highest BCUT2D eigenvalue weighted by atomic mass is 16.1. The van der Waals surface area contributed by atoms with E-state index in [1.165, 1.54) is 41.1 Å². The zero-order valence-electron chi connectivity index (χ0n) is 16.5. The third-order valence-corrected chi connectivity index (χ3v) is 5.53. The summed E-state index contributed by atoms with van der Waals surface area (Å²) in [6.07, 6.45) is 6.53. The van der Waals surface area contributed by atoms with Gasteiger partial charge in [-0.05, 0) is 42.8 Å². The minimum Gasteiger partial charge on any atom is -0.309 e. The van der Waals surface area contributed by atoms with Gasteiger partial charge in [0, 0.05) is 28.4 Å². The van der Waals surface area contributed by atoms with E-state index in [4.69, 9.17) is 0 Å². The molecular weight excluding hydrogens is 342 g/mol. The monoisotopic (exact) mass is 369 g/mol. The van der Waals surface area contributed by atoms with E-state index in [2.05, 4.69) is 72.2 Å². The number of para-hydroxylation sites is 2. The van der Waals surface area contributed by atoms with Crippen LogP contribution in [0.15, 0.2) is 72.8 Å². The zero-order chi connectivity index (χ0) is 19.3. The van der Waals surface area contributed by atoms with Crippen LogP contribution in [-0.2, 0) is 0 Å². The van der Waals surface area contributed by atoms with Crippen molar-refractivity contribution in [3.05, 3.63) is 78.4 Å². The number of hydrogen-bond donors (Lipinski definition) is 0. The lowest BCUT2D eigenvalue weighted by Gasteiger charge is -2.09. The quantitative estimate of drug-likeness (QED) is 0.235. The lowest BCUT2D eigenvalue weighted by molar-refractivity contribution is 0.0979. The molecular formula is C26H27NO. The summed E-state index contributed by atoms with van der Waals surface area (Å²) in [5.41, 5.74) is 4.30. The van der Waals surface area contributed by atoms with Crippen LogP contribution in [0.5, 0.6) is 0 Å². The van der Waals surface area contributed by atoms with Crippen molar-refractivity contribution < 1.29 is 4.79 Å². The number of Topliss-reactive ketones (excluding diaryl/α,β-unsaturated/α-hetero) is 1. The molecule has 0 N–H and O–H groups in total. The molecule has 1 heterocycles. The smallest absolute Gasteiger partial charge is 0.162 e. The van der Waals surface area contributed by atoms with Crippen molar-refractivity contribution in [3.8, 4) is 5.69 Å². The Bertz CT molecular complexity index is 1040. The Labute approximate surface area is 166 Å². The van der Waals surface area contributed by atoms with E-state index < -0.39 is 0 Å². The molecule has 142 valence electrons. The van der Waals surface area contributed by atoms with Crippen molar-refractivity contribution in [1.82, 2.24) is 4.57 Å². The summed E-state index contributed by atoms with van der Waals surface area (Å²) in [4.78, 5) is 12.5. The van der Waals surface area contributed by atoms with Crippen LogP contribution >= 0.6 is 0 Å². The highest BCUT2D eigenvalue weighted by Crippen LogP contribution is 2.31. The molecule has 0 bridgehead atoms. The molecule has 2 nitrogen and oxygen atoms in total. The predicted molar refractivity (Wildman–Crippen MR) is 118 cm³/mol. The minimum atomic E-state index is 0.255. The number of carbonyl (C=O) groups is 1. The van der Waals surface area contributed by atoms with Crippen molar-refractivity contribution in [3.63, 3.8) is 0 Å². The maximum absolute atomic E-state index is 12.5. The number of unbranched alkanes of at least 4 members (excludes halogenated alkanes) is 4. The highest BCUT2D eigenvalue weighted by molar-refractivity contribution is 6.09. The first kappa shape index (κ1) is 18.5. The lowest BCUT2D eigenvalue weighted by atomic mass is 10.0. The maximum Gasteiger partial charge on any atom is 0.162 e. The Kier molecular flexibility index (Phi) is 5.57. The van der Waals surface area contributed by atoms with Gasteiger partial charge in [0.15, 0.2) is 5.78 Å². The van der Waals surface area contributed by atoms with E-state index in [0.717, 1.165) is 24.1 Å². The van der Waals surface area contributed by atoms with E-state index in [0.29, 0.717) is 6.42 Å². The Balaban J connectivity index is 1.60. The molecule has 28 heavy (non-hydrogen) atoms. The van der Waals surface area contributed by atoms with E-state index in [9.17, 15) is 4.79 Å². The van der Waals surface area contributed by atoms with Crippen molar-refractivity contribution in [2.45, 2.75) is 45.4 Å². The average Bonchev–Trinajstić information content (AvgIpc) is 3.08. The van der Waals surface area contributed by atoms with Gasteiger partial charge in [0.05, 0.1) is 11.0 Å². The molecule has 0 atom stereocenters. The van der Waals surface area contributed by atoms with E-state index >= 15 is 0 Å². The fourth-order valence-corrected chi connectivity index (χ4v) is 4.03. The van der Waals surface area contributed by atoms with Crippen LogP contribution in [0.1, 0.15) is 55.8 Å². The molecule has 0 fully saturated rings. The Hall–Kier alpha value is -2.87. The summed E-state index contributed by atoms with van der Waals surface area (Å²) in [5.74, 6) is 0.255. The third kappa shape index (κ3) is 3.60. The maximum atomic E-state index is 12.5. The van der Waals surface area contributed by atoms with E-state index in [-0.39, 0.29) is 5.78 Å². The van der Waals surface area contributed by atoms with Crippen LogP contribution in [0.2, 0.25) is 0 Å². The van der Waals surface area contributed by atoms with Crippen LogP contribution in [0, 0.1) is 0 Å². The van der Waals surface area contributed by atoms with Crippen LogP contribution in [0.3, 0.4) is 0 Å². The molecule has 0 saturated carbocycles. The molecule has 2 heteroatoms. The number of fused-ring (bicyclic) bond motifs is 3. The first-order valence-electron chi connectivity index (χ1n) is 10.4. The standard InChI is InChI=1S/C26H27NO/c1-2-3-4-5-6-15-26(28)20-16-18-21(19-17-20)27-24-13-9-7-11-22(24)23-12-8-10-14-25(23)27/h7-14,16-19H,2-6,15H2,1H3. The van der Waals surface area contributed by atoms with Crippen molar-refractivity contribution >= 4 is 27.6 Å². The van der Waals surface area contributed by atoms with Crippen LogP contribution in [-0.4, -0.2) is 10.4 Å². The van der Waals surface area contributed by atoms with Gasteiger partial charge in [-0.3, -0.25) is 4.79 Å². The summed E-state index contributed by atoms with van der Waals surface area (Å²) in [6, 6.07) is 25.1. The average molecular weight is 370 g/mol. The summed E-state index contributed by atoms with van der Waals surface area (Å²) in [6.45, 7) is 2.21. The van der Waals surface area contributed by atoms with Crippen LogP contribution in [0.4, 0.5) is 0 Å². The Morgan fingerprint density at radius 3 is 1.89 bits per heavy atom. The number of benzene rings is 3. The lowest BCUT2D eigenvalue weighted by Crippen LogP contribution is -2.00. The highest BCUT2D eigenvalue weighted by Gasteiger charge is 2.12. The molecule has 0 spiro atoms. The molecule has 4 aromatic rings. The van der Waals surface area contributed by atoms with Gasteiger partial charge in [0.1, 0.15) is 0 Å². The molecule has 0 amide bonds. The summed E-state index contributed by atoms with van der Waals surface area (Å²) in [5, 5.41) is 2.51. The number of aromatic nitrogens is 1. The first-order valence-corrected chi connectivity index (χ1v) is 10.4. The molecule has 0 aliphatic rings. The summed E-state index contributed by atoms with van der Waals surface area (Å²) >= 11 is 0. The fraction of sp³-hybridized carbons (Fsp3) is 0.269. The molecule has 3 aromatic carbocycles. The second kappa shape index (κ2) is 8.43. The molecule has 0 aliphatic heterocycles. The summed E-state index contributed by atoms with van der Waals surface area (Å²) < 4.78 is 2.28. The number of carbonyl (C=O) groups excluding carboxylic acids is 1. The molecule has 1 aromatic heterocycles. The van der Waals surface area contributed by atoms with Gasteiger partial charge in [-0.15, -0.1) is 0 Å². The van der Waals surface area contributed by atoms with Gasteiger partial charge < -0.3 is 4.57 Å². The fourth-order valence-electron chi connectivity index (χ4n) is 4.03. The SMILES string of the molecule is CCCCCCCC(=O)c1ccc(-n2c3ccccc3c3ccccc32)cc1. The van der Waals surface area contributed by atoms with E-state index in [1.807, 2.05) is 12.1 Å². The van der Waals surface area contributed by atoms with Crippen LogP contribution in [0.25, 0.3) is 27.5 Å². The number of rotatable bonds is 8. The Morgan fingerprint density at radius 1 is 0.714 bits per heavy atom. The zero-order valence-corrected chi connectivity index (χ0v) is 16.5. The van der Waals surface area contributed by atoms with Gasteiger partial charge in [0.25, 0.3) is 0 Å². The molecule has 0 aliphatic carbocycles. The van der Waals surface area contributed by atoms with Gasteiger partial charge in [0.2, 0.25) is 0 Å². The topological polar surface area (TPSA) is 22.0 Å². The number of ketones is 1. The van der Waals surface area contributed by atoms with Gasteiger partial charge >= 0.3 is 0 Å². The van der Waals surface area contributed by atoms with Crippen LogP contribution < -0.4 is 0 Å². The Morgan fingerprint density at radius 2 is 1.29 bits per heavy atom. The third-order valence-electron chi connectivity index (χ3n) is 5.53. The summed E-state index contributed by atoms with van der Waals surface area (Å²) in [7, 11) is 0. The molecule has 4 rings (SSSR count). The predicted octanol–water partition coefficient (Wildman–Crippen LogP) is 7.33. The second-order valence-corrected chi connectivity index (χ2v) is 7.50. The molecule has 0 saturated heterocycles. The number of hydrogen-bond acceptors (Lipinski definition) is 1. The normalized spacial score (nSPS) is 11.3. The van der Waals surface area contributed by atoms with Crippen molar-refractivity contribution in [2.75, 3.05) is 0 Å². The largest absolute Gasteiger partial charge is 0.309 e. The van der Waals surface area contributed by atoms with Crippen molar-refractivity contribution in [1.29, 1.82) is 0 Å². The molecule has 0 unspecified atom stereocenters. The van der Waals surface area contributed by atoms with Gasteiger partial charge in [-0.2, -0.15) is 0 Å². The van der Waals surface area contributed by atoms with Crippen molar-refractivity contribution in [2.24, 2.45) is 0 Å². The van der Waals surface area contributed by atoms with Gasteiger partial charge in [-0.1, -0.05) is 69.0 Å². The minimum absolute atomic E-state index is 0.255. The van der Waals surface area contributed by atoms with Gasteiger partial charge in [-0.25, -0.2) is 0 Å². The molecule has 0 radical (unpaired) electrons. The first-order chi connectivity index (χ1) is 13.8. The number of nitrogens with zero attached hydrogens (tertiary/aromatic N) is 1. The second-order valence-electron chi connectivity index (χ2n) is 7.50. The van der Waals surface area contributed by atoms with E-state index in [1.54, 1.807) is 0 Å².